The summed E-state index contributed by atoms with van der Waals surface area (Å²) in [4.78, 5) is 7.93. The Kier molecular flexibility index (Phi) is 3.25. The summed E-state index contributed by atoms with van der Waals surface area (Å²) < 4.78 is 10.9. The van der Waals surface area contributed by atoms with E-state index in [4.69, 9.17) is 9.47 Å². The molecule has 0 fully saturated rings. The summed E-state index contributed by atoms with van der Waals surface area (Å²) in [6.45, 7) is 0.241. The maximum atomic E-state index is 10.00. The average molecular weight is 341 g/mol. The molecular weight excluding hydrogens is 328 g/mol. The number of hydrogen-bond donors (Lipinski definition) is 2. The fraction of sp³-hybridized carbons (Fsp3) is 0.0556. The molecule has 0 bridgehead atoms. The summed E-state index contributed by atoms with van der Waals surface area (Å²) in [6.07, 6.45) is 0. The van der Waals surface area contributed by atoms with Crippen molar-refractivity contribution >= 4 is 34.2 Å². The van der Waals surface area contributed by atoms with E-state index in [0.29, 0.717) is 5.52 Å². The number of phenolic OH excluding ortho intramolecular Hbond substituents is 1. The van der Waals surface area contributed by atoms with Gasteiger partial charge in [-0.15, -0.1) is 12.4 Å². The van der Waals surface area contributed by atoms with Gasteiger partial charge in [-0.1, -0.05) is 18.2 Å². The number of benzene rings is 2. The van der Waals surface area contributed by atoms with E-state index in [2.05, 4.69) is 9.97 Å². The minimum Gasteiger partial charge on any atom is -0.506 e. The number of para-hydroxylation sites is 1. The first-order valence-corrected chi connectivity index (χ1v) is 7.30. The molecule has 120 valence electrons. The molecule has 2 aromatic carbocycles. The number of nitrogens with zero attached hydrogens (tertiary/aromatic N) is 1. The van der Waals surface area contributed by atoms with E-state index < -0.39 is 0 Å². The molecule has 2 aromatic heterocycles. The monoisotopic (exact) mass is 340 g/mol. The van der Waals surface area contributed by atoms with Crippen LogP contribution in [0.3, 0.4) is 0 Å². The quantitative estimate of drug-likeness (QED) is 0.544. The van der Waals surface area contributed by atoms with Crippen molar-refractivity contribution in [2.45, 2.75) is 0 Å². The van der Waals surface area contributed by atoms with Crippen molar-refractivity contribution in [3.63, 3.8) is 0 Å². The average Bonchev–Trinajstić information content (AvgIpc) is 3.21. The fourth-order valence-electron chi connectivity index (χ4n) is 2.98. The molecule has 3 heterocycles. The second kappa shape index (κ2) is 5.32. The standard InChI is InChI=1S/C18H12N2O3.ClH/c21-14-3-1-2-10-4-6-12(19-16(10)14)13-8-11-5-7-15-18(17(11)20-13)23-9-22-15;/h1-8,20-21H,9H2;1H. The summed E-state index contributed by atoms with van der Waals surface area (Å²) in [6, 6.07) is 15.2. The third-order valence-corrected chi connectivity index (χ3v) is 4.11. The Morgan fingerprint density at radius 3 is 2.79 bits per heavy atom. The SMILES string of the molecule is Cl.Oc1cccc2ccc(-c3cc4ccc5c(c4[nH]3)OCO5)nc12. The summed E-state index contributed by atoms with van der Waals surface area (Å²) >= 11 is 0. The molecule has 6 heteroatoms. The second-order valence-electron chi connectivity index (χ2n) is 5.49. The van der Waals surface area contributed by atoms with Crippen LogP contribution in [0.5, 0.6) is 17.2 Å². The first kappa shape index (κ1) is 14.7. The van der Waals surface area contributed by atoms with Gasteiger partial charge in [-0.25, -0.2) is 4.98 Å². The highest BCUT2D eigenvalue weighted by atomic mass is 35.5. The Hall–Kier alpha value is -2.92. The maximum Gasteiger partial charge on any atom is 0.231 e. The lowest BCUT2D eigenvalue weighted by Crippen LogP contribution is -1.93. The normalized spacial score (nSPS) is 12.5. The molecule has 5 rings (SSSR count). The Balaban J connectivity index is 0.00000146. The molecule has 5 nitrogen and oxygen atoms in total. The number of aromatic hydroxyl groups is 1. The van der Waals surface area contributed by atoms with E-state index in [1.54, 1.807) is 6.07 Å². The van der Waals surface area contributed by atoms with E-state index >= 15 is 0 Å². The number of aromatic nitrogens is 2. The van der Waals surface area contributed by atoms with Gasteiger partial charge < -0.3 is 19.6 Å². The van der Waals surface area contributed by atoms with Crippen LogP contribution in [-0.2, 0) is 0 Å². The van der Waals surface area contributed by atoms with Crippen LogP contribution >= 0.6 is 12.4 Å². The largest absolute Gasteiger partial charge is 0.506 e. The van der Waals surface area contributed by atoms with Crippen LogP contribution in [0.4, 0.5) is 0 Å². The topological polar surface area (TPSA) is 67.4 Å². The van der Waals surface area contributed by atoms with Crippen molar-refractivity contribution in [2.24, 2.45) is 0 Å². The predicted molar refractivity (Wildman–Crippen MR) is 94.1 cm³/mol. The number of ether oxygens (including phenoxy) is 2. The van der Waals surface area contributed by atoms with Crippen LogP contribution in [0.15, 0.2) is 48.5 Å². The van der Waals surface area contributed by atoms with Crippen LogP contribution in [0.1, 0.15) is 0 Å². The molecule has 2 N–H and O–H groups in total. The third kappa shape index (κ3) is 2.06. The minimum absolute atomic E-state index is 0. The van der Waals surface area contributed by atoms with Gasteiger partial charge in [0.2, 0.25) is 6.79 Å². The van der Waals surface area contributed by atoms with Crippen molar-refractivity contribution in [1.29, 1.82) is 0 Å². The van der Waals surface area contributed by atoms with Gasteiger partial charge >= 0.3 is 0 Å². The van der Waals surface area contributed by atoms with Gasteiger partial charge in [0.05, 0.1) is 16.9 Å². The summed E-state index contributed by atoms with van der Waals surface area (Å²) in [5, 5.41) is 11.9. The van der Waals surface area contributed by atoms with Gasteiger partial charge in [0.25, 0.3) is 0 Å². The van der Waals surface area contributed by atoms with E-state index in [0.717, 1.165) is 39.2 Å². The smallest absolute Gasteiger partial charge is 0.231 e. The minimum atomic E-state index is 0. The summed E-state index contributed by atoms with van der Waals surface area (Å²) in [7, 11) is 0. The van der Waals surface area contributed by atoms with Gasteiger partial charge in [0.1, 0.15) is 11.3 Å². The summed E-state index contributed by atoms with van der Waals surface area (Å²) in [5.41, 5.74) is 3.12. The molecule has 1 aliphatic rings. The predicted octanol–water partition coefficient (Wildman–Crippen LogP) is 4.24. The molecule has 0 saturated carbocycles. The lowest BCUT2D eigenvalue weighted by molar-refractivity contribution is 0.174. The number of rotatable bonds is 1. The number of hydrogen-bond acceptors (Lipinski definition) is 4. The van der Waals surface area contributed by atoms with Crippen LogP contribution < -0.4 is 9.47 Å². The zero-order valence-corrected chi connectivity index (χ0v) is 13.3. The molecule has 24 heavy (non-hydrogen) atoms. The van der Waals surface area contributed by atoms with Crippen molar-refractivity contribution < 1.29 is 14.6 Å². The van der Waals surface area contributed by atoms with Crippen molar-refractivity contribution in [3.8, 4) is 28.6 Å². The molecule has 0 amide bonds. The first-order chi connectivity index (χ1) is 11.3. The summed E-state index contributed by atoms with van der Waals surface area (Å²) in [5.74, 6) is 1.66. The number of halogens is 1. The maximum absolute atomic E-state index is 10.00. The highest BCUT2D eigenvalue weighted by molar-refractivity contribution is 5.93. The van der Waals surface area contributed by atoms with Gasteiger partial charge in [0, 0.05) is 10.8 Å². The molecule has 0 saturated heterocycles. The molecular formula is C18H13ClN2O3. The number of pyridine rings is 1. The zero-order chi connectivity index (χ0) is 15.4. The number of H-pyrrole nitrogens is 1. The number of phenols is 1. The number of fused-ring (bicyclic) bond motifs is 4. The van der Waals surface area contributed by atoms with Gasteiger partial charge in [-0.3, -0.25) is 0 Å². The zero-order valence-electron chi connectivity index (χ0n) is 12.4. The van der Waals surface area contributed by atoms with Gasteiger partial charge in [-0.05, 0) is 30.3 Å². The van der Waals surface area contributed by atoms with Crippen molar-refractivity contribution in [2.75, 3.05) is 6.79 Å². The Labute approximate surface area is 143 Å². The van der Waals surface area contributed by atoms with Crippen LogP contribution in [0, 0.1) is 0 Å². The molecule has 4 aromatic rings. The van der Waals surface area contributed by atoms with E-state index in [9.17, 15) is 5.11 Å². The molecule has 0 spiro atoms. The lowest BCUT2D eigenvalue weighted by Gasteiger charge is -2.03. The molecule has 1 aliphatic heterocycles. The third-order valence-electron chi connectivity index (χ3n) is 4.11. The lowest BCUT2D eigenvalue weighted by atomic mass is 10.1. The van der Waals surface area contributed by atoms with Gasteiger partial charge in [-0.2, -0.15) is 0 Å². The fourth-order valence-corrected chi connectivity index (χ4v) is 2.98. The highest BCUT2D eigenvalue weighted by Crippen LogP contribution is 2.40. The van der Waals surface area contributed by atoms with E-state index in [-0.39, 0.29) is 24.9 Å². The van der Waals surface area contributed by atoms with E-state index in [1.165, 1.54) is 0 Å². The molecule has 0 atom stereocenters. The Morgan fingerprint density at radius 1 is 1.00 bits per heavy atom. The molecule has 0 radical (unpaired) electrons. The van der Waals surface area contributed by atoms with Crippen LogP contribution in [-0.4, -0.2) is 21.9 Å². The van der Waals surface area contributed by atoms with Crippen LogP contribution in [0.2, 0.25) is 0 Å². The van der Waals surface area contributed by atoms with Crippen molar-refractivity contribution in [1.82, 2.24) is 9.97 Å². The van der Waals surface area contributed by atoms with Crippen molar-refractivity contribution in [3.05, 3.63) is 48.5 Å². The van der Waals surface area contributed by atoms with Gasteiger partial charge in [0.15, 0.2) is 11.5 Å². The number of aromatic amines is 1. The van der Waals surface area contributed by atoms with Crippen LogP contribution in [0.25, 0.3) is 33.2 Å². The first-order valence-electron chi connectivity index (χ1n) is 7.30. The van der Waals surface area contributed by atoms with E-state index in [1.807, 2.05) is 42.5 Å². The Bertz CT molecular complexity index is 1070. The second-order valence-corrected chi connectivity index (χ2v) is 5.49. The molecule has 0 aliphatic carbocycles. The number of nitrogens with one attached hydrogen (secondary N) is 1. The highest BCUT2D eigenvalue weighted by Gasteiger charge is 2.19. The Morgan fingerprint density at radius 2 is 1.88 bits per heavy atom. The molecule has 0 unspecified atom stereocenters.